The fourth-order valence-electron chi connectivity index (χ4n) is 8.75. The lowest BCUT2D eigenvalue weighted by atomic mass is 9.56. The number of benzene rings is 4. The molecule has 8 rings (SSSR count). The molecule has 12 heteroatoms. The van der Waals surface area contributed by atoms with E-state index in [1.54, 1.807) is 44.6 Å². The van der Waals surface area contributed by atoms with Gasteiger partial charge in [0.2, 0.25) is 11.8 Å². The monoisotopic (exact) mass is 814 g/mol. The number of methoxy groups -OCH3 is 2. The van der Waals surface area contributed by atoms with Gasteiger partial charge >= 0.3 is 0 Å². The average molecular weight is 817 g/mol. The number of allylic oxidation sites excluding steroid dienone is 2. The van der Waals surface area contributed by atoms with E-state index in [9.17, 15) is 24.3 Å². The van der Waals surface area contributed by atoms with Crippen LogP contribution < -0.4 is 14.4 Å². The Kier molecular flexibility index (Phi) is 8.71. The molecule has 2 saturated heterocycles. The van der Waals surface area contributed by atoms with Gasteiger partial charge in [0, 0.05) is 22.4 Å². The van der Waals surface area contributed by atoms with Crippen molar-refractivity contribution < 1.29 is 33.8 Å². The summed E-state index contributed by atoms with van der Waals surface area (Å²) in [5, 5.41) is 13.0. The van der Waals surface area contributed by atoms with E-state index in [1.165, 1.54) is 4.90 Å². The molecule has 9 nitrogen and oxygen atoms in total. The van der Waals surface area contributed by atoms with Crippen LogP contribution in [-0.4, -0.2) is 63.1 Å². The Morgan fingerprint density at radius 1 is 0.887 bits per heavy atom. The van der Waals surface area contributed by atoms with E-state index in [0.717, 1.165) is 21.4 Å². The minimum atomic E-state index is -2.02. The highest BCUT2D eigenvalue weighted by atomic mass is 79.9. The fourth-order valence-corrected chi connectivity index (χ4v) is 10.2. The molecule has 3 fully saturated rings. The normalized spacial score (nSPS) is 28.0. The maximum Gasteiger partial charge on any atom is 0.254 e. The molecule has 53 heavy (non-hydrogen) atoms. The highest BCUT2D eigenvalue weighted by molar-refractivity contribution is 9.09. The molecule has 4 aromatic carbocycles. The summed E-state index contributed by atoms with van der Waals surface area (Å²) >= 11 is 18.0. The third-order valence-corrected chi connectivity index (χ3v) is 13.2. The van der Waals surface area contributed by atoms with Crippen molar-refractivity contribution in [1.82, 2.24) is 4.90 Å². The van der Waals surface area contributed by atoms with Crippen LogP contribution >= 0.6 is 39.1 Å². The topological polar surface area (TPSA) is 113 Å². The highest BCUT2D eigenvalue weighted by Crippen LogP contribution is 2.66. The predicted molar refractivity (Wildman–Crippen MR) is 206 cm³/mol. The Labute approximate surface area is 323 Å². The largest absolute Gasteiger partial charge is 0.507 e. The quantitative estimate of drug-likeness (QED) is 0.0671. The van der Waals surface area contributed by atoms with Gasteiger partial charge in [-0.25, -0.2) is 0 Å². The fraction of sp³-hybridized carbons (Fsp3) is 0.268. The van der Waals surface area contributed by atoms with Crippen LogP contribution in [0.2, 0.25) is 0 Å². The number of halogens is 3. The van der Waals surface area contributed by atoms with Crippen molar-refractivity contribution in [3.05, 3.63) is 107 Å². The number of imide groups is 2. The molecule has 0 bridgehead atoms. The number of aromatic hydroxyl groups is 1. The first-order valence-electron chi connectivity index (χ1n) is 17.1. The first kappa shape index (κ1) is 35.4. The summed E-state index contributed by atoms with van der Waals surface area (Å²) in [6.45, 7) is 0. The number of carbonyl (C=O) groups is 4. The maximum absolute atomic E-state index is 14.5. The third-order valence-electron chi connectivity index (χ3n) is 11.3. The molecule has 6 atom stereocenters. The highest BCUT2D eigenvalue weighted by Gasteiger charge is 2.76. The number of likely N-dealkylation sites (tertiary alicyclic amines) is 1. The van der Waals surface area contributed by atoms with Crippen LogP contribution in [0, 0.1) is 17.8 Å². The Bertz CT molecular complexity index is 2290. The number of amides is 4. The molecule has 2 heterocycles. The maximum atomic E-state index is 14.5. The molecule has 0 aromatic heterocycles. The van der Waals surface area contributed by atoms with E-state index in [1.807, 2.05) is 66.8 Å². The van der Waals surface area contributed by atoms with Crippen LogP contribution in [0.25, 0.3) is 22.9 Å². The predicted octanol–water partition coefficient (Wildman–Crippen LogP) is 7.65. The molecule has 0 unspecified atom stereocenters. The van der Waals surface area contributed by atoms with E-state index < -0.39 is 51.1 Å². The van der Waals surface area contributed by atoms with Crippen molar-refractivity contribution >= 4 is 91.4 Å². The van der Waals surface area contributed by atoms with Crippen LogP contribution in [0.1, 0.15) is 35.4 Å². The van der Waals surface area contributed by atoms with E-state index in [-0.39, 0.29) is 30.0 Å². The molecule has 4 aromatic rings. The molecule has 1 N–H and O–H groups in total. The lowest BCUT2D eigenvalue weighted by Gasteiger charge is -2.50. The summed E-state index contributed by atoms with van der Waals surface area (Å²) in [5.41, 5.74) is 2.85. The van der Waals surface area contributed by atoms with E-state index in [4.69, 9.17) is 32.7 Å². The molecule has 4 aliphatic rings. The number of alkyl halides is 3. The molecule has 1 saturated carbocycles. The van der Waals surface area contributed by atoms with E-state index in [0.29, 0.717) is 33.7 Å². The second kappa shape index (κ2) is 13.0. The lowest BCUT2D eigenvalue weighted by Crippen LogP contribution is -2.60. The second-order valence-electron chi connectivity index (χ2n) is 13.8. The number of ether oxygens (including phenoxy) is 2. The Hall–Kier alpha value is -4.64. The Morgan fingerprint density at radius 2 is 1.64 bits per heavy atom. The number of phenols is 1. The van der Waals surface area contributed by atoms with Crippen LogP contribution in [0.3, 0.4) is 0 Å². The van der Waals surface area contributed by atoms with Crippen molar-refractivity contribution in [1.29, 1.82) is 0 Å². The SMILES string of the molecule is COc1ccc(OC)c(C=Cc2ccc(N3C(=O)[C@H]4[C@H](CC=C5[C@H]4C[C@@]4(Cl)C(=O)N(CBr)C(=O)[C@@]4(Cl)[C@H]5c4ccc5ccccc5c4O)C3=O)cc2)c1. The molecule has 0 spiro atoms. The Morgan fingerprint density at radius 3 is 2.36 bits per heavy atom. The van der Waals surface area contributed by atoms with Crippen molar-refractivity contribution in [3.63, 3.8) is 0 Å². The van der Waals surface area contributed by atoms with Gasteiger partial charge in [-0.3, -0.25) is 29.0 Å². The van der Waals surface area contributed by atoms with Gasteiger partial charge in [0.05, 0.1) is 37.2 Å². The van der Waals surface area contributed by atoms with Gasteiger partial charge in [0.25, 0.3) is 11.8 Å². The molecule has 2 aliphatic carbocycles. The zero-order chi connectivity index (χ0) is 37.4. The summed E-state index contributed by atoms with van der Waals surface area (Å²) in [7, 11) is 3.19. The molecule has 270 valence electrons. The molecular weight excluding hydrogens is 783 g/mol. The first-order valence-corrected chi connectivity index (χ1v) is 18.9. The summed E-state index contributed by atoms with van der Waals surface area (Å²) in [6, 6.07) is 23.3. The number of carbonyl (C=O) groups excluding carboxylic acids is 4. The lowest BCUT2D eigenvalue weighted by molar-refractivity contribution is -0.138. The van der Waals surface area contributed by atoms with Crippen LogP contribution in [0.5, 0.6) is 17.2 Å². The zero-order valence-corrected chi connectivity index (χ0v) is 31.7. The number of nitrogens with zero attached hydrogens (tertiary/aromatic N) is 2. The smallest absolute Gasteiger partial charge is 0.254 e. The molecule has 0 radical (unpaired) electrons. The van der Waals surface area contributed by atoms with E-state index >= 15 is 0 Å². The van der Waals surface area contributed by atoms with Gasteiger partial charge in [0.15, 0.2) is 9.75 Å². The molecule has 4 amide bonds. The van der Waals surface area contributed by atoms with Gasteiger partial charge in [-0.05, 0) is 60.0 Å². The zero-order valence-electron chi connectivity index (χ0n) is 28.6. The molecule has 2 aliphatic heterocycles. The van der Waals surface area contributed by atoms with Crippen molar-refractivity contribution in [3.8, 4) is 17.2 Å². The van der Waals surface area contributed by atoms with Crippen molar-refractivity contribution in [2.24, 2.45) is 17.8 Å². The summed E-state index contributed by atoms with van der Waals surface area (Å²) < 4.78 is 10.8. The van der Waals surface area contributed by atoms with Gasteiger partial charge in [-0.2, -0.15) is 0 Å². The van der Waals surface area contributed by atoms with Gasteiger partial charge < -0.3 is 14.6 Å². The Balaban J connectivity index is 1.16. The van der Waals surface area contributed by atoms with Gasteiger partial charge in [0.1, 0.15) is 17.2 Å². The summed E-state index contributed by atoms with van der Waals surface area (Å²) in [4.78, 5) is 55.0. The second-order valence-corrected chi connectivity index (χ2v) is 15.5. The van der Waals surface area contributed by atoms with Gasteiger partial charge in [-0.1, -0.05) is 88.3 Å². The number of rotatable bonds is 7. The third kappa shape index (κ3) is 5.09. The standard InChI is InChI=1S/C41H33BrCl2N2O7/c1-52-26-14-18-32(53-2)24(19-26)10-7-22-8-12-25(13-9-22)46-36(48)29-17-16-28-31(33(29)37(46)49)20-40(43)38(50)45(21-42)39(51)41(40,44)34(28)30-15-11-23-5-3-4-6-27(23)35(30)47/h3-16,18-19,29,31,33-34,47H,17,20-21H2,1-2H3/t29-,31+,33-,34+,40+,41-/m0/s1. The minimum Gasteiger partial charge on any atom is -0.507 e. The number of phenolic OH excluding ortho intramolecular Hbond substituents is 1. The van der Waals surface area contributed by atoms with Crippen molar-refractivity contribution in [2.75, 3.05) is 24.6 Å². The molecular formula is C41H33BrCl2N2O7. The number of hydrogen-bond acceptors (Lipinski definition) is 7. The minimum absolute atomic E-state index is 0.0946. The van der Waals surface area contributed by atoms with Crippen LogP contribution in [-0.2, 0) is 19.2 Å². The van der Waals surface area contributed by atoms with Crippen molar-refractivity contribution in [2.45, 2.75) is 28.5 Å². The van der Waals surface area contributed by atoms with Crippen LogP contribution in [0.4, 0.5) is 5.69 Å². The number of fused-ring (bicyclic) bond motifs is 5. The number of anilines is 1. The number of hydrogen-bond donors (Lipinski definition) is 1. The van der Waals surface area contributed by atoms with E-state index in [2.05, 4.69) is 15.9 Å². The first-order chi connectivity index (χ1) is 25.5. The van der Waals surface area contributed by atoms with Crippen LogP contribution in [0.15, 0.2) is 90.5 Å². The van der Waals surface area contributed by atoms with Gasteiger partial charge in [-0.15, -0.1) is 23.2 Å². The summed E-state index contributed by atoms with van der Waals surface area (Å²) in [5.74, 6) is -4.26. The average Bonchev–Trinajstić information content (AvgIpc) is 3.51. The summed E-state index contributed by atoms with van der Waals surface area (Å²) in [6.07, 6.45) is 5.70.